The summed E-state index contributed by atoms with van der Waals surface area (Å²) in [7, 11) is 0. The molecule has 0 unspecified atom stereocenters. The van der Waals surface area contributed by atoms with Crippen molar-refractivity contribution >= 4 is 11.5 Å². The zero-order valence-electron chi connectivity index (χ0n) is 11.2. The number of pyridine rings is 1. The minimum absolute atomic E-state index is 0.0489. The van der Waals surface area contributed by atoms with Crippen molar-refractivity contribution in [3.63, 3.8) is 0 Å². The van der Waals surface area contributed by atoms with Gasteiger partial charge < -0.3 is 5.73 Å². The molecule has 9 heteroatoms. The van der Waals surface area contributed by atoms with Crippen molar-refractivity contribution in [3.05, 3.63) is 58.9 Å². The highest BCUT2D eigenvalue weighted by Gasteiger charge is 2.37. The van der Waals surface area contributed by atoms with E-state index in [0.717, 1.165) is 18.5 Å². The number of benzene rings is 1. The normalized spacial score (nSPS) is 12.3. The predicted molar refractivity (Wildman–Crippen MR) is 68.5 cm³/mol. The van der Waals surface area contributed by atoms with Gasteiger partial charge in [0.1, 0.15) is 0 Å². The lowest BCUT2D eigenvalue weighted by atomic mass is 9.98. The number of aromatic nitrogens is 1. The van der Waals surface area contributed by atoms with Crippen molar-refractivity contribution in [1.29, 1.82) is 0 Å². The first-order valence-corrected chi connectivity index (χ1v) is 6.04. The summed E-state index contributed by atoms with van der Waals surface area (Å²) in [6.07, 6.45) is -7.83. The minimum Gasteiger partial charge on any atom is -0.397 e. The summed E-state index contributed by atoms with van der Waals surface area (Å²) >= 11 is 0. The van der Waals surface area contributed by atoms with Crippen LogP contribution >= 0.6 is 0 Å². The van der Waals surface area contributed by atoms with Crippen LogP contribution in [-0.4, -0.2) is 10.8 Å². The van der Waals surface area contributed by atoms with E-state index in [4.69, 9.17) is 5.73 Å². The van der Waals surface area contributed by atoms with Crippen LogP contribution in [0.2, 0.25) is 0 Å². The summed E-state index contributed by atoms with van der Waals surface area (Å²) in [6, 6.07) is 1.78. The zero-order chi connectivity index (χ0) is 17.4. The zero-order valence-corrected chi connectivity index (χ0v) is 11.2. The second-order valence-electron chi connectivity index (χ2n) is 4.59. The topological polar surface area (TPSA) is 56.0 Å². The Labute approximate surface area is 125 Å². The van der Waals surface area contributed by atoms with Crippen LogP contribution in [0.15, 0.2) is 36.7 Å². The number of halogens is 6. The lowest BCUT2D eigenvalue weighted by Crippen LogP contribution is -2.14. The first-order chi connectivity index (χ1) is 10.5. The number of alkyl halides is 6. The van der Waals surface area contributed by atoms with E-state index in [2.05, 4.69) is 4.98 Å². The van der Waals surface area contributed by atoms with Crippen LogP contribution in [-0.2, 0) is 12.4 Å². The van der Waals surface area contributed by atoms with Gasteiger partial charge in [-0.3, -0.25) is 9.78 Å². The van der Waals surface area contributed by atoms with Crippen LogP contribution in [0.5, 0.6) is 0 Å². The van der Waals surface area contributed by atoms with Crippen molar-refractivity contribution in [1.82, 2.24) is 4.98 Å². The Bertz CT molecular complexity index is 719. The monoisotopic (exact) mass is 334 g/mol. The van der Waals surface area contributed by atoms with Crippen LogP contribution in [0.4, 0.5) is 32.0 Å². The van der Waals surface area contributed by atoms with Gasteiger partial charge in [0.15, 0.2) is 5.78 Å². The molecule has 0 saturated carbocycles. The highest BCUT2D eigenvalue weighted by molar-refractivity contribution is 6.12. The maximum absolute atomic E-state index is 12.8. The van der Waals surface area contributed by atoms with Crippen molar-refractivity contribution in [2.24, 2.45) is 0 Å². The Hall–Kier alpha value is -2.58. The molecule has 0 spiro atoms. The second-order valence-corrected chi connectivity index (χ2v) is 4.59. The Kier molecular flexibility index (Phi) is 4.06. The number of ketones is 1. The maximum Gasteiger partial charge on any atom is 0.416 e. The van der Waals surface area contributed by atoms with Crippen LogP contribution < -0.4 is 5.73 Å². The average Bonchev–Trinajstić information content (AvgIpc) is 2.45. The molecule has 0 radical (unpaired) electrons. The van der Waals surface area contributed by atoms with Gasteiger partial charge >= 0.3 is 12.4 Å². The number of hydrogen-bond donors (Lipinski definition) is 1. The predicted octanol–water partition coefficient (Wildman–Crippen LogP) is 3.93. The number of nitrogens with two attached hydrogens (primary N) is 1. The fraction of sp³-hybridized carbons (Fsp3) is 0.143. The SMILES string of the molecule is Nc1cnccc1C(=O)c1cc(C(F)(F)F)cc(C(F)(F)F)c1. The Morgan fingerprint density at radius 3 is 1.91 bits per heavy atom. The van der Waals surface area contributed by atoms with Crippen LogP contribution in [0, 0.1) is 0 Å². The number of rotatable bonds is 2. The van der Waals surface area contributed by atoms with Gasteiger partial charge in [-0.25, -0.2) is 0 Å². The molecule has 23 heavy (non-hydrogen) atoms. The Morgan fingerprint density at radius 1 is 0.957 bits per heavy atom. The molecule has 1 heterocycles. The number of carbonyl (C=O) groups excluding carboxylic acids is 1. The van der Waals surface area contributed by atoms with Gasteiger partial charge in [-0.2, -0.15) is 26.3 Å². The standard InChI is InChI=1S/C14H8F6N2O/c15-13(16,17)8-3-7(4-9(5-8)14(18,19)20)12(23)10-1-2-22-6-11(10)21/h1-6H,21H2. The van der Waals surface area contributed by atoms with Crippen LogP contribution in [0.3, 0.4) is 0 Å². The Balaban J connectivity index is 2.63. The van der Waals surface area contributed by atoms with Gasteiger partial charge in [0, 0.05) is 17.3 Å². The first-order valence-electron chi connectivity index (χ1n) is 6.04. The summed E-state index contributed by atoms with van der Waals surface area (Å²) in [5.41, 5.74) is 1.21. The van der Waals surface area contributed by atoms with Gasteiger partial charge in [0.05, 0.1) is 23.0 Å². The third-order valence-corrected chi connectivity index (χ3v) is 2.95. The summed E-state index contributed by atoms with van der Waals surface area (Å²) in [5.74, 6) is -1.05. The molecule has 3 nitrogen and oxygen atoms in total. The molecular formula is C14H8F6N2O. The molecule has 0 amide bonds. The summed E-state index contributed by atoms with van der Waals surface area (Å²) in [5, 5.41) is 0. The largest absolute Gasteiger partial charge is 0.416 e. The molecular weight excluding hydrogens is 326 g/mol. The van der Waals surface area contributed by atoms with E-state index in [1.165, 1.54) is 0 Å². The minimum atomic E-state index is -5.03. The first kappa shape index (κ1) is 16.8. The highest BCUT2D eigenvalue weighted by Crippen LogP contribution is 2.36. The van der Waals surface area contributed by atoms with Crippen molar-refractivity contribution in [2.45, 2.75) is 12.4 Å². The number of nitrogen functional groups attached to an aromatic ring is 1. The summed E-state index contributed by atoms with van der Waals surface area (Å²) < 4.78 is 76.6. The molecule has 122 valence electrons. The van der Waals surface area contributed by atoms with E-state index < -0.39 is 34.8 Å². The lowest BCUT2D eigenvalue weighted by molar-refractivity contribution is -0.143. The van der Waals surface area contributed by atoms with E-state index in [0.29, 0.717) is 12.1 Å². The third kappa shape index (κ3) is 3.61. The molecule has 0 fully saturated rings. The quantitative estimate of drug-likeness (QED) is 0.669. The van der Waals surface area contributed by atoms with Crippen LogP contribution in [0.25, 0.3) is 0 Å². The van der Waals surface area contributed by atoms with E-state index in [-0.39, 0.29) is 17.3 Å². The summed E-state index contributed by atoms with van der Waals surface area (Å²) in [4.78, 5) is 15.8. The lowest BCUT2D eigenvalue weighted by Gasteiger charge is -2.14. The van der Waals surface area contributed by atoms with Crippen molar-refractivity contribution in [3.8, 4) is 0 Å². The molecule has 2 rings (SSSR count). The third-order valence-electron chi connectivity index (χ3n) is 2.95. The molecule has 2 N–H and O–H groups in total. The van der Waals surface area contributed by atoms with E-state index >= 15 is 0 Å². The molecule has 0 saturated heterocycles. The molecule has 0 bridgehead atoms. The van der Waals surface area contributed by atoms with Gasteiger partial charge in [0.2, 0.25) is 0 Å². The van der Waals surface area contributed by atoms with Crippen molar-refractivity contribution in [2.75, 3.05) is 5.73 Å². The molecule has 0 atom stereocenters. The van der Waals surface area contributed by atoms with Crippen molar-refractivity contribution < 1.29 is 31.1 Å². The highest BCUT2D eigenvalue weighted by atomic mass is 19.4. The smallest absolute Gasteiger partial charge is 0.397 e. The summed E-state index contributed by atoms with van der Waals surface area (Å²) in [6.45, 7) is 0. The Morgan fingerprint density at radius 2 is 1.48 bits per heavy atom. The fourth-order valence-electron chi connectivity index (χ4n) is 1.85. The molecule has 1 aromatic heterocycles. The van der Waals surface area contributed by atoms with Gasteiger partial charge in [0.25, 0.3) is 0 Å². The van der Waals surface area contributed by atoms with Gasteiger partial charge in [-0.05, 0) is 24.3 Å². The number of hydrogen-bond acceptors (Lipinski definition) is 3. The molecule has 1 aromatic carbocycles. The number of anilines is 1. The van der Waals surface area contributed by atoms with Crippen LogP contribution in [0.1, 0.15) is 27.0 Å². The number of nitrogens with zero attached hydrogens (tertiary/aromatic N) is 1. The van der Waals surface area contributed by atoms with E-state index in [1.54, 1.807) is 0 Å². The molecule has 0 aliphatic heterocycles. The average molecular weight is 334 g/mol. The second kappa shape index (κ2) is 5.56. The molecule has 0 aliphatic rings. The van der Waals surface area contributed by atoms with E-state index in [1.807, 2.05) is 0 Å². The molecule has 2 aromatic rings. The van der Waals surface area contributed by atoms with E-state index in [9.17, 15) is 31.1 Å². The fourth-order valence-corrected chi connectivity index (χ4v) is 1.85. The maximum atomic E-state index is 12.8. The number of carbonyl (C=O) groups is 1. The van der Waals surface area contributed by atoms with Gasteiger partial charge in [-0.15, -0.1) is 0 Å². The van der Waals surface area contributed by atoms with Gasteiger partial charge in [-0.1, -0.05) is 0 Å². The molecule has 0 aliphatic carbocycles.